The van der Waals surface area contributed by atoms with Crippen LogP contribution < -0.4 is 0 Å². The van der Waals surface area contributed by atoms with Crippen LogP contribution >= 0.6 is 0 Å². The fourth-order valence-corrected chi connectivity index (χ4v) is 1.70. The van der Waals surface area contributed by atoms with E-state index in [0.717, 1.165) is 25.5 Å². The quantitative estimate of drug-likeness (QED) is 0.681. The molecule has 1 aromatic rings. The summed E-state index contributed by atoms with van der Waals surface area (Å²) in [7, 11) is -4.58. The van der Waals surface area contributed by atoms with E-state index in [2.05, 4.69) is 5.10 Å². The summed E-state index contributed by atoms with van der Waals surface area (Å²) >= 11 is 0. The minimum absolute atomic E-state index is 0.260. The SMILES string of the molecule is O=S(=O)(F)c1cnn(C2CCC2)c1. The summed E-state index contributed by atoms with van der Waals surface area (Å²) in [5.74, 6) is 0. The normalized spacial score (nSPS) is 18.5. The summed E-state index contributed by atoms with van der Waals surface area (Å²) in [6.07, 6.45) is 5.41. The average Bonchev–Trinajstić information content (AvgIpc) is 2.29. The number of rotatable bonds is 2. The Morgan fingerprint density at radius 1 is 1.54 bits per heavy atom. The molecule has 1 fully saturated rings. The third kappa shape index (κ3) is 1.58. The maximum atomic E-state index is 12.4. The predicted molar refractivity (Wildman–Crippen MR) is 43.4 cm³/mol. The van der Waals surface area contributed by atoms with Crippen molar-refractivity contribution in [1.29, 1.82) is 0 Å². The summed E-state index contributed by atoms with van der Waals surface area (Å²) in [5, 5.41) is 3.80. The molecule has 0 N–H and O–H groups in total. The van der Waals surface area contributed by atoms with Crippen molar-refractivity contribution in [2.75, 3.05) is 0 Å². The van der Waals surface area contributed by atoms with Crippen LogP contribution in [0.1, 0.15) is 25.3 Å². The van der Waals surface area contributed by atoms with Crippen LogP contribution in [0.5, 0.6) is 0 Å². The zero-order valence-electron chi connectivity index (χ0n) is 6.85. The summed E-state index contributed by atoms with van der Waals surface area (Å²) in [6.45, 7) is 0. The molecule has 0 aromatic carbocycles. The van der Waals surface area contributed by atoms with Crippen molar-refractivity contribution in [1.82, 2.24) is 9.78 Å². The second-order valence-corrected chi connectivity index (χ2v) is 4.53. The van der Waals surface area contributed by atoms with Crippen LogP contribution in [-0.2, 0) is 10.2 Å². The molecule has 1 heterocycles. The fourth-order valence-electron chi connectivity index (χ4n) is 1.30. The molecular formula is C7H9FN2O2S. The minimum Gasteiger partial charge on any atom is -0.268 e. The molecule has 6 heteroatoms. The number of hydrogen-bond donors (Lipinski definition) is 0. The van der Waals surface area contributed by atoms with Crippen LogP contribution in [0.4, 0.5) is 3.89 Å². The second kappa shape index (κ2) is 2.80. The van der Waals surface area contributed by atoms with Gasteiger partial charge in [-0.3, -0.25) is 4.68 Å². The van der Waals surface area contributed by atoms with Crippen LogP contribution in [0.3, 0.4) is 0 Å². The molecule has 4 nitrogen and oxygen atoms in total. The molecule has 0 atom stereocenters. The van der Waals surface area contributed by atoms with Gasteiger partial charge in [-0.05, 0) is 19.3 Å². The van der Waals surface area contributed by atoms with Gasteiger partial charge in [-0.1, -0.05) is 0 Å². The van der Waals surface area contributed by atoms with Gasteiger partial charge in [-0.2, -0.15) is 13.5 Å². The van der Waals surface area contributed by atoms with E-state index in [1.807, 2.05) is 0 Å². The van der Waals surface area contributed by atoms with Gasteiger partial charge in [0.25, 0.3) is 0 Å². The highest BCUT2D eigenvalue weighted by Gasteiger charge is 2.22. The van der Waals surface area contributed by atoms with E-state index in [1.54, 1.807) is 0 Å². The van der Waals surface area contributed by atoms with Crippen molar-refractivity contribution in [3.8, 4) is 0 Å². The van der Waals surface area contributed by atoms with Crippen molar-refractivity contribution >= 4 is 10.2 Å². The van der Waals surface area contributed by atoms with Crippen LogP contribution in [0.15, 0.2) is 17.3 Å². The predicted octanol–water partition coefficient (Wildman–Crippen LogP) is 1.27. The molecule has 0 unspecified atom stereocenters. The lowest BCUT2D eigenvalue weighted by atomic mass is 9.93. The first-order valence-electron chi connectivity index (χ1n) is 4.06. The lowest BCUT2D eigenvalue weighted by Gasteiger charge is -2.25. The van der Waals surface area contributed by atoms with E-state index in [0.29, 0.717) is 0 Å². The molecule has 0 bridgehead atoms. The maximum Gasteiger partial charge on any atom is 0.335 e. The first-order valence-corrected chi connectivity index (χ1v) is 5.44. The standard InChI is InChI=1S/C7H9FN2O2S/c8-13(11,12)7-4-9-10(5-7)6-2-1-3-6/h4-6H,1-3H2. The molecule has 0 radical (unpaired) electrons. The average molecular weight is 204 g/mol. The van der Waals surface area contributed by atoms with Gasteiger partial charge in [0.2, 0.25) is 0 Å². The summed E-state index contributed by atoms with van der Waals surface area (Å²) < 4.78 is 34.9. The van der Waals surface area contributed by atoms with Crippen molar-refractivity contribution < 1.29 is 12.3 Å². The van der Waals surface area contributed by atoms with Crippen LogP contribution in [-0.4, -0.2) is 18.2 Å². The van der Waals surface area contributed by atoms with Gasteiger partial charge >= 0.3 is 10.2 Å². The van der Waals surface area contributed by atoms with Crippen LogP contribution in [0.2, 0.25) is 0 Å². The Morgan fingerprint density at radius 2 is 2.23 bits per heavy atom. The molecule has 2 rings (SSSR count). The molecule has 0 spiro atoms. The van der Waals surface area contributed by atoms with Crippen LogP contribution in [0.25, 0.3) is 0 Å². The van der Waals surface area contributed by atoms with E-state index in [9.17, 15) is 12.3 Å². The van der Waals surface area contributed by atoms with Gasteiger partial charge in [-0.25, -0.2) is 0 Å². The molecule has 72 valence electrons. The van der Waals surface area contributed by atoms with E-state index in [1.165, 1.54) is 10.9 Å². The van der Waals surface area contributed by atoms with Crippen molar-refractivity contribution in [3.63, 3.8) is 0 Å². The lowest BCUT2D eigenvalue weighted by molar-refractivity contribution is 0.289. The second-order valence-electron chi connectivity index (χ2n) is 3.18. The molecule has 1 aliphatic carbocycles. The zero-order valence-corrected chi connectivity index (χ0v) is 7.67. The van der Waals surface area contributed by atoms with Crippen LogP contribution in [0, 0.1) is 0 Å². The first kappa shape index (κ1) is 8.68. The van der Waals surface area contributed by atoms with Gasteiger partial charge in [-0.15, -0.1) is 3.89 Å². The highest BCUT2D eigenvalue weighted by molar-refractivity contribution is 7.86. The van der Waals surface area contributed by atoms with E-state index < -0.39 is 10.2 Å². The van der Waals surface area contributed by atoms with Crippen molar-refractivity contribution in [2.45, 2.75) is 30.2 Å². The minimum atomic E-state index is -4.58. The molecule has 13 heavy (non-hydrogen) atoms. The lowest BCUT2D eigenvalue weighted by Crippen LogP contribution is -2.17. The third-order valence-electron chi connectivity index (χ3n) is 2.31. The van der Waals surface area contributed by atoms with Gasteiger partial charge in [0.1, 0.15) is 4.90 Å². The number of aromatic nitrogens is 2. The third-order valence-corrected chi connectivity index (χ3v) is 3.08. The highest BCUT2D eigenvalue weighted by Crippen LogP contribution is 2.31. The number of hydrogen-bond acceptors (Lipinski definition) is 3. The molecular weight excluding hydrogens is 195 g/mol. The maximum absolute atomic E-state index is 12.4. The molecule has 1 aromatic heterocycles. The monoisotopic (exact) mass is 204 g/mol. The summed E-state index contributed by atoms with van der Waals surface area (Å²) in [5.41, 5.74) is 0. The van der Waals surface area contributed by atoms with E-state index in [4.69, 9.17) is 0 Å². The summed E-state index contributed by atoms with van der Waals surface area (Å²) in [4.78, 5) is -0.348. The Kier molecular flexibility index (Phi) is 1.87. The Hall–Kier alpha value is -0.910. The largest absolute Gasteiger partial charge is 0.335 e. The molecule has 1 aliphatic rings. The van der Waals surface area contributed by atoms with Gasteiger partial charge in [0, 0.05) is 6.20 Å². The van der Waals surface area contributed by atoms with Gasteiger partial charge in [0.05, 0.1) is 12.2 Å². The Morgan fingerprint density at radius 3 is 2.62 bits per heavy atom. The Labute approximate surface area is 75.6 Å². The molecule has 1 saturated carbocycles. The van der Waals surface area contributed by atoms with E-state index in [-0.39, 0.29) is 10.9 Å². The molecule has 0 saturated heterocycles. The highest BCUT2D eigenvalue weighted by atomic mass is 32.3. The van der Waals surface area contributed by atoms with Gasteiger partial charge in [0.15, 0.2) is 0 Å². The Bertz CT molecular complexity index is 408. The molecule has 0 aliphatic heterocycles. The smallest absolute Gasteiger partial charge is 0.268 e. The van der Waals surface area contributed by atoms with Crippen molar-refractivity contribution in [2.24, 2.45) is 0 Å². The topological polar surface area (TPSA) is 52.0 Å². The number of nitrogens with zero attached hydrogens (tertiary/aromatic N) is 2. The summed E-state index contributed by atoms with van der Waals surface area (Å²) in [6, 6.07) is 0.260. The fraction of sp³-hybridized carbons (Fsp3) is 0.571. The Balaban J connectivity index is 2.27. The molecule has 0 amide bonds. The van der Waals surface area contributed by atoms with E-state index >= 15 is 0 Å². The number of halogens is 1. The first-order chi connectivity index (χ1) is 6.07. The zero-order chi connectivity index (χ0) is 9.47. The van der Waals surface area contributed by atoms with Gasteiger partial charge < -0.3 is 0 Å². The van der Waals surface area contributed by atoms with Crippen molar-refractivity contribution in [3.05, 3.63) is 12.4 Å².